The summed E-state index contributed by atoms with van der Waals surface area (Å²) in [5.74, 6) is -1.64. The molecule has 0 amide bonds. The van der Waals surface area contributed by atoms with Gasteiger partial charge in [-0.1, -0.05) is 19.6 Å². The highest BCUT2D eigenvalue weighted by molar-refractivity contribution is 6.88. The van der Waals surface area contributed by atoms with E-state index in [1.165, 1.54) is 12.5 Å². The van der Waals surface area contributed by atoms with Crippen LogP contribution in [0.4, 0.5) is 13.2 Å². The smallest absolute Gasteiger partial charge is 0.266 e. The van der Waals surface area contributed by atoms with Crippen LogP contribution in [0, 0.1) is 11.6 Å². The van der Waals surface area contributed by atoms with Gasteiger partial charge in [-0.05, 0) is 6.07 Å². The number of rotatable bonds is 4. The zero-order valence-corrected chi connectivity index (χ0v) is 13.0. The lowest BCUT2D eigenvalue weighted by Gasteiger charge is -2.25. The van der Waals surface area contributed by atoms with Gasteiger partial charge in [-0.3, -0.25) is 0 Å². The molecule has 0 radical (unpaired) electrons. The molecule has 7 heteroatoms. The van der Waals surface area contributed by atoms with Crippen LogP contribution < -0.4 is 5.19 Å². The van der Waals surface area contributed by atoms with Crippen molar-refractivity contribution < 1.29 is 27.8 Å². The maximum absolute atomic E-state index is 14.7. The molecule has 116 valence electrons. The number of alkyl halides is 1. The summed E-state index contributed by atoms with van der Waals surface area (Å²) >= 11 is 0. The number of hydrogen-bond donors (Lipinski definition) is 1. The summed E-state index contributed by atoms with van der Waals surface area (Å²) in [5, 5.41) is 9.71. The minimum Gasteiger partial charge on any atom is -0.455 e. The van der Waals surface area contributed by atoms with Crippen molar-refractivity contribution in [3.8, 4) is 0 Å². The van der Waals surface area contributed by atoms with Gasteiger partial charge in [-0.15, -0.1) is 0 Å². The topological polar surface area (TPSA) is 38.7 Å². The van der Waals surface area contributed by atoms with E-state index in [0.717, 1.165) is 6.07 Å². The molecule has 3 nitrogen and oxygen atoms in total. The van der Waals surface area contributed by atoms with E-state index in [0.29, 0.717) is 0 Å². The third-order valence-corrected chi connectivity index (χ3v) is 5.19. The molecule has 1 aromatic rings. The Morgan fingerprint density at radius 3 is 2.29 bits per heavy atom. The van der Waals surface area contributed by atoms with Gasteiger partial charge in [0.15, 0.2) is 0 Å². The van der Waals surface area contributed by atoms with Gasteiger partial charge in [0, 0.05) is 16.3 Å². The lowest BCUT2D eigenvalue weighted by molar-refractivity contribution is -0.0276. The van der Waals surface area contributed by atoms with Crippen LogP contribution >= 0.6 is 0 Å². The average Bonchev–Trinajstić information content (AvgIpc) is 2.89. The molecular formula is C14H17F3O3Si. The first-order valence-electron chi connectivity index (χ1n) is 6.49. The highest BCUT2D eigenvalue weighted by Gasteiger charge is 2.34. The van der Waals surface area contributed by atoms with E-state index in [1.54, 1.807) is 19.6 Å². The molecule has 1 atom stereocenters. The second-order valence-corrected chi connectivity index (χ2v) is 10.8. The molecule has 1 N–H and O–H groups in total. The van der Waals surface area contributed by atoms with Crippen LogP contribution in [-0.4, -0.2) is 19.9 Å². The fourth-order valence-electron chi connectivity index (χ4n) is 2.34. The first-order valence-corrected chi connectivity index (χ1v) is 9.99. The summed E-state index contributed by atoms with van der Waals surface area (Å²) in [6.45, 7) is 4.12. The van der Waals surface area contributed by atoms with Crippen molar-refractivity contribution >= 4 is 13.3 Å². The van der Waals surface area contributed by atoms with Crippen LogP contribution in [0.2, 0.25) is 19.6 Å². The van der Waals surface area contributed by atoms with Crippen molar-refractivity contribution in [2.24, 2.45) is 0 Å². The van der Waals surface area contributed by atoms with Crippen molar-refractivity contribution in [1.29, 1.82) is 0 Å². The van der Waals surface area contributed by atoms with Crippen LogP contribution in [-0.2, 0) is 9.47 Å². The average molecular weight is 318 g/mol. The van der Waals surface area contributed by atoms with Gasteiger partial charge in [0.2, 0.25) is 0 Å². The summed E-state index contributed by atoms with van der Waals surface area (Å²) in [6, 6.07) is 1.06. The Balaban J connectivity index is 2.66. The Kier molecular flexibility index (Phi) is 4.34. The predicted molar refractivity (Wildman–Crippen MR) is 74.3 cm³/mol. The molecule has 21 heavy (non-hydrogen) atoms. The van der Waals surface area contributed by atoms with Gasteiger partial charge in [0.25, 0.3) is 6.29 Å². The quantitative estimate of drug-likeness (QED) is 0.867. The number of aliphatic hydroxyl groups excluding tert-OH is 1. The van der Waals surface area contributed by atoms with Gasteiger partial charge in [-0.2, -0.15) is 0 Å². The Bertz CT molecular complexity index is 562. The minimum atomic E-state index is -2.36. The van der Waals surface area contributed by atoms with Gasteiger partial charge in [0.05, 0.1) is 8.07 Å². The van der Waals surface area contributed by atoms with Gasteiger partial charge >= 0.3 is 0 Å². The molecule has 0 aliphatic carbocycles. The Morgan fingerprint density at radius 2 is 1.81 bits per heavy atom. The zero-order valence-electron chi connectivity index (χ0n) is 12.0. The first-order chi connectivity index (χ1) is 9.77. The standard InChI is InChI=1S/C14H17F3O3Si/c1-21(2,3)13-9(16)6-8(14-19-4-5-20-14)11(12(13)17)10(18)7-15/h4-6,10,14,18H,7H2,1-3H3. The second kappa shape index (κ2) is 5.73. The molecule has 1 aliphatic rings. The highest BCUT2D eigenvalue weighted by Crippen LogP contribution is 2.33. The summed E-state index contributed by atoms with van der Waals surface area (Å²) in [6.07, 6.45) is -0.332. The molecule has 0 fully saturated rings. The molecule has 0 spiro atoms. The van der Waals surface area contributed by atoms with Crippen molar-refractivity contribution in [2.75, 3.05) is 6.67 Å². The van der Waals surface area contributed by atoms with Crippen molar-refractivity contribution in [3.05, 3.63) is 41.4 Å². The molecular weight excluding hydrogens is 301 g/mol. The van der Waals surface area contributed by atoms with E-state index < -0.39 is 38.8 Å². The van der Waals surface area contributed by atoms with Crippen LogP contribution in [0.25, 0.3) is 0 Å². The van der Waals surface area contributed by atoms with Gasteiger partial charge < -0.3 is 14.6 Å². The number of benzene rings is 1. The normalized spacial score (nSPS) is 16.7. The van der Waals surface area contributed by atoms with E-state index in [2.05, 4.69) is 0 Å². The molecule has 1 aromatic carbocycles. The lowest BCUT2D eigenvalue weighted by atomic mass is 10.0. The molecule has 2 rings (SSSR count). The van der Waals surface area contributed by atoms with E-state index in [4.69, 9.17) is 9.47 Å². The molecule has 1 unspecified atom stereocenters. The monoisotopic (exact) mass is 318 g/mol. The number of hydrogen-bond acceptors (Lipinski definition) is 3. The summed E-state index contributed by atoms with van der Waals surface area (Å²) in [7, 11) is -2.36. The van der Waals surface area contributed by atoms with Crippen molar-refractivity contribution in [2.45, 2.75) is 32.0 Å². The van der Waals surface area contributed by atoms with Gasteiger partial charge in [0.1, 0.15) is 36.9 Å². The largest absolute Gasteiger partial charge is 0.455 e. The molecule has 0 saturated heterocycles. The Labute approximate surface area is 122 Å². The highest BCUT2D eigenvalue weighted by atomic mass is 28.3. The second-order valence-electron chi connectivity index (χ2n) is 5.85. The first kappa shape index (κ1) is 15.9. The predicted octanol–water partition coefficient (Wildman–Crippen LogP) is 3.03. The minimum absolute atomic E-state index is 0.0397. The van der Waals surface area contributed by atoms with E-state index in [1.807, 2.05) is 0 Å². The number of halogens is 3. The maximum Gasteiger partial charge on any atom is 0.266 e. The van der Waals surface area contributed by atoms with Crippen LogP contribution in [0.1, 0.15) is 23.5 Å². The molecule has 1 aliphatic heterocycles. The molecule has 0 aromatic heterocycles. The Hall–Kier alpha value is -1.47. The fourth-order valence-corrected chi connectivity index (χ4v) is 3.92. The van der Waals surface area contributed by atoms with Crippen LogP contribution in [0.15, 0.2) is 18.6 Å². The van der Waals surface area contributed by atoms with E-state index in [9.17, 15) is 18.3 Å². The third-order valence-electron chi connectivity index (χ3n) is 3.23. The molecule has 1 heterocycles. The summed E-state index contributed by atoms with van der Waals surface area (Å²) < 4.78 is 52.0. The maximum atomic E-state index is 14.7. The van der Waals surface area contributed by atoms with Gasteiger partial charge in [-0.25, -0.2) is 13.2 Å². The van der Waals surface area contributed by atoms with Crippen LogP contribution in [0.5, 0.6) is 0 Å². The molecule has 0 bridgehead atoms. The fraction of sp³-hybridized carbons (Fsp3) is 0.429. The van der Waals surface area contributed by atoms with E-state index >= 15 is 0 Å². The van der Waals surface area contributed by atoms with Crippen molar-refractivity contribution in [1.82, 2.24) is 0 Å². The number of ether oxygens (including phenoxy) is 2. The van der Waals surface area contributed by atoms with Crippen molar-refractivity contribution in [3.63, 3.8) is 0 Å². The summed E-state index contributed by atoms with van der Waals surface area (Å²) in [5.41, 5.74) is -0.341. The zero-order chi connectivity index (χ0) is 15.8. The van der Waals surface area contributed by atoms with Crippen LogP contribution in [0.3, 0.4) is 0 Å². The molecule has 0 saturated carbocycles. The third kappa shape index (κ3) is 2.93. The SMILES string of the molecule is C[Si](C)(C)c1c(F)cc(C2OC=CO2)c(C(O)CF)c1F. The Morgan fingerprint density at radius 1 is 1.24 bits per heavy atom. The summed E-state index contributed by atoms with van der Waals surface area (Å²) in [4.78, 5) is 0. The lowest BCUT2D eigenvalue weighted by Crippen LogP contribution is -2.43. The number of aliphatic hydroxyl groups is 1. The van der Waals surface area contributed by atoms with E-state index in [-0.39, 0.29) is 16.3 Å².